The SMILES string of the molecule is Fc1ccc(C#CCNNc2cnccn2)cn1. The second-order valence-corrected chi connectivity index (χ2v) is 3.24. The summed E-state index contributed by atoms with van der Waals surface area (Å²) in [5.74, 6) is 5.80. The molecule has 90 valence electrons. The number of hydrogen-bond donors (Lipinski definition) is 2. The van der Waals surface area contributed by atoms with Gasteiger partial charge in [-0.2, -0.15) is 4.39 Å². The van der Waals surface area contributed by atoms with Crippen LogP contribution in [-0.4, -0.2) is 21.5 Å². The van der Waals surface area contributed by atoms with Crippen LogP contribution in [0.5, 0.6) is 0 Å². The highest BCUT2D eigenvalue weighted by Crippen LogP contribution is 1.96. The number of nitrogens with zero attached hydrogens (tertiary/aromatic N) is 3. The van der Waals surface area contributed by atoms with Crippen LogP contribution in [0, 0.1) is 17.8 Å². The Hall–Kier alpha value is -2.52. The second-order valence-electron chi connectivity index (χ2n) is 3.24. The zero-order valence-corrected chi connectivity index (χ0v) is 9.39. The van der Waals surface area contributed by atoms with Gasteiger partial charge >= 0.3 is 0 Å². The molecule has 0 spiro atoms. The van der Waals surface area contributed by atoms with E-state index in [0.29, 0.717) is 17.9 Å². The highest BCUT2D eigenvalue weighted by Gasteiger charge is 1.90. The first kappa shape index (κ1) is 12.0. The summed E-state index contributed by atoms with van der Waals surface area (Å²) in [5, 5.41) is 0. The first-order valence-electron chi connectivity index (χ1n) is 5.20. The Labute approximate surface area is 103 Å². The maximum atomic E-state index is 12.5. The highest BCUT2D eigenvalue weighted by atomic mass is 19.1. The van der Waals surface area contributed by atoms with E-state index in [1.807, 2.05) is 0 Å². The molecule has 0 atom stereocenters. The molecule has 5 nitrogen and oxygen atoms in total. The van der Waals surface area contributed by atoms with Gasteiger partial charge < -0.3 is 5.43 Å². The monoisotopic (exact) mass is 243 g/mol. The van der Waals surface area contributed by atoms with Gasteiger partial charge in [0.05, 0.1) is 12.7 Å². The van der Waals surface area contributed by atoms with E-state index < -0.39 is 5.95 Å². The van der Waals surface area contributed by atoms with Crippen LogP contribution >= 0.6 is 0 Å². The summed E-state index contributed by atoms with van der Waals surface area (Å²) >= 11 is 0. The summed E-state index contributed by atoms with van der Waals surface area (Å²) in [6, 6.07) is 2.85. The fraction of sp³-hybridized carbons (Fsp3) is 0.0833. The van der Waals surface area contributed by atoms with E-state index >= 15 is 0 Å². The van der Waals surface area contributed by atoms with Gasteiger partial charge in [-0.05, 0) is 12.1 Å². The topological polar surface area (TPSA) is 62.7 Å². The lowest BCUT2D eigenvalue weighted by Gasteiger charge is -2.02. The first-order chi connectivity index (χ1) is 8.84. The van der Waals surface area contributed by atoms with Crippen LogP contribution in [0.25, 0.3) is 0 Å². The minimum atomic E-state index is -0.511. The third-order valence-electron chi connectivity index (χ3n) is 1.92. The van der Waals surface area contributed by atoms with Gasteiger partial charge in [0.1, 0.15) is 0 Å². The normalized spacial score (nSPS) is 9.39. The number of halogens is 1. The standard InChI is InChI=1S/C12H10FN5/c13-11-4-3-10(8-16-11)2-1-5-17-18-12-9-14-6-7-15-12/h3-4,6-9,17H,5H2,(H,15,18). The lowest BCUT2D eigenvalue weighted by molar-refractivity contribution is 0.583. The molecular weight excluding hydrogens is 233 g/mol. The van der Waals surface area contributed by atoms with Crippen LogP contribution in [0.4, 0.5) is 10.2 Å². The maximum absolute atomic E-state index is 12.5. The van der Waals surface area contributed by atoms with Crippen molar-refractivity contribution in [2.24, 2.45) is 0 Å². The second kappa shape index (κ2) is 6.27. The van der Waals surface area contributed by atoms with Crippen molar-refractivity contribution in [3.63, 3.8) is 0 Å². The fourth-order valence-electron chi connectivity index (χ4n) is 1.14. The Kier molecular flexibility index (Phi) is 4.16. The van der Waals surface area contributed by atoms with Crippen molar-refractivity contribution in [1.82, 2.24) is 20.4 Å². The Morgan fingerprint density at radius 1 is 1.17 bits per heavy atom. The molecule has 0 fully saturated rings. The Morgan fingerprint density at radius 3 is 2.83 bits per heavy atom. The summed E-state index contributed by atoms with van der Waals surface area (Å²) in [7, 11) is 0. The van der Waals surface area contributed by atoms with Crippen molar-refractivity contribution >= 4 is 5.82 Å². The smallest absolute Gasteiger partial charge is 0.212 e. The lowest BCUT2D eigenvalue weighted by atomic mass is 10.3. The van der Waals surface area contributed by atoms with E-state index in [9.17, 15) is 4.39 Å². The van der Waals surface area contributed by atoms with E-state index in [2.05, 4.69) is 37.6 Å². The zero-order chi connectivity index (χ0) is 12.6. The van der Waals surface area contributed by atoms with Crippen molar-refractivity contribution in [3.05, 3.63) is 48.4 Å². The molecule has 6 heteroatoms. The average molecular weight is 243 g/mol. The largest absolute Gasteiger partial charge is 0.304 e. The predicted molar refractivity (Wildman–Crippen MR) is 64.7 cm³/mol. The van der Waals surface area contributed by atoms with Gasteiger partial charge in [0.15, 0.2) is 5.82 Å². The molecule has 0 saturated heterocycles. The molecule has 0 saturated carbocycles. The van der Waals surface area contributed by atoms with Gasteiger partial charge in [0, 0.05) is 24.2 Å². The van der Waals surface area contributed by atoms with Crippen LogP contribution < -0.4 is 10.9 Å². The van der Waals surface area contributed by atoms with Gasteiger partial charge in [0.2, 0.25) is 5.95 Å². The molecule has 2 N–H and O–H groups in total. The number of rotatable bonds is 3. The van der Waals surface area contributed by atoms with Gasteiger partial charge in [-0.15, -0.1) is 0 Å². The maximum Gasteiger partial charge on any atom is 0.212 e. The molecule has 0 amide bonds. The minimum Gasteiger partial charge on any atom is -0.304 e. The van der Waals surface area contributed by atoms with E-state index in [1.54, 1.807) is 24.7 Å². The van der Waals surface area contributed by atoms with Crippen molar-refractivity contribution in [3.8, 4) is 11.8 Å². The number of hydrazine groups is 1. The average Bonchev–Trinajstić information content (AvgIpc) is 2.42. The number of nitrogens with one attached hydrogen (secondary N) is 2. The Balaban J connectivity index is 1.77. The molecule has 0 aliphatic rings. The van der Waals surface area contributed by atoms with Crippen LogP contribution in [0.3, 0.4) is 0 Å². The molecule has 0 radical (unpaired) electrons. The van der Waals surface area contributed by atoms with E-state index in [-0.39, 0.29) is 0 Å². The molecule has 0 unspecified atom stereocenters. The predicted octanol–water partition coefficient (Wildman–Crippen LogP) is 0.979. The number of aromatic nitrogens is 3. The third kappa shape index (κ3) is 3.81. The number of hydrogen-bond acceptors (Lipinski definition) is 5. The molecule has 0 aliphatic carbocycles. The molecule has 2 aromatic heterocycles. The lowest BCUT2D eigenvalue weighted by Crippen LogP contribution is -2.22. The van der Waals surface area contributed by atoms with E-state index in [4.69, 9.17) is 0 Å². The molecule has 2 heterocycles. The fourth-order valence-corrected chi connectivity index (χ4v) is 1.14. The summed E-state index contributed by atoms with van der Waals surface area (Å²) in [6.45, 7) is 0.411. The summed E-state index contributed by atoms with van der Waals surface area (Å²) < 4.78 is 12.5. The highest BCUT2D eigenvalue weighted by molar-refractivity contribution is 5.32. The van der Waals surface area contributed by atoms with E-state index in [1.165, 1.54) is 12.3 Å². The van der Waals surface area contributed by atoms with Crippen molar-refractivity contribution < 1.29 is 4.39 Å². The van der Waals surface area contributed by atoms with Crippen LogP contribution in [-0.2, 0) is 0 Å². The van der Waals surface area contributed by atoms with Crippen molar-refractivity contribution in [1.29, 1.82) is 0 Å². The van der Waals surface area contributed by atoms with Crippen LogP contribution in [0.15, 0.2) is 36.9 Å². The zero-order valence-electron chi connectivity index (χ0n) is 9.39. The van der Waals surface area contributed by atoms with Gasteiger partial charge in [-0.1, -0.05) is 11.8 Å². The summed E-state index contributed by atoms with van der Waals surface area (Å²) in [6.07, 6.45) is 6.15. The molecular formula is C12H10FN5. The Bertz CT molecular complexity index is 544. The molecule has 0 bridgehead atoms. The quantitative estimate of drug-likeness (QED) is 0.364. The Morgan fingerprint density at radius 2 is 2.11 bits per heavy atom. The molecule has 18 heavy (non-hydrogen) atoms. The number of pyridine rings is 1. The molecule has 0 aliphatic heterocycles. The summed E-state index contributed by atoms with van der Waals surface area (Å²) in [4.78, 5) is 11.4. The van der Waals surface area contributed by atoms with Crippen molar-refractivity contribution in [2.45, 2.75) is 0 Å². The molecule has 0 aromatic carbocycles. The molecule has 2 aromatic rings. The van der Waals surface area contributed by atoms with E-state index in [0.717, 1.165) is 0 Å². The summed E-state index contributed by atoms with van der Waals surface area (Å²) in [5.41, 5.74) is 6.37. The first-order valence-corrected chi connectivity index (χ1v) is 5.20. The number of anilines is 1. The van der Waals surface area contributed by atoms with Crippen molar-refractivity contribution in [2.75, 3.05) is 12.0 Å². The van der Waals surface area contributed by atoms with Gasteiger partial charge in [-0.25, -0.2) is 15.4 Å². The minimum absolute atomic E-state index is 0.411. The third-order valence-corrected chi connectivity index (χ3v) is 1.92. The van der Waals surface area contributed by atoms with Crippen LogP contribution in [0.1, 0.15) is 5.56 Å². The van der Waals surface area contributed by atoms with Crippen LogP contribution in [0.2, 0.25) is 0 Å². The van der Waals surface area contributed by atoms with Gasteiger partial charge in [-0.3, -0.25) is 4.98 Å². The van der Waals surface area contributed by atoms with Gasteiger partial charge in [0.25, 0.3) is 0 Å². The molecule has 2 rings (SSSR count).